The molecule has 0 bridgehead atoms. The maximum atomic E-state index is 12.5. The molecular weight excluding hydrogens is 182 g/mol. The zero-order valence-electron chi connectivity index (χ0n) is 7.48. The van der Waals surface area contributed by atoms with Crippen molar-refractivity contribution in [3.8, 4) is 0 Å². The first-order valence-corrected chi connectivity index (χ1v) is 3.97. The highest BCUT2D eigenvalue weighted by Crippen LogP contribution is 2.09. The van der Waals surface area contributed by atoms with Crippen molar-refractivity contribution in [2.24, 2.45) is 5.73 Å². The third-order valence-corrected chi connectivity index (χ3v) is 1.33. The Balaban J connectivity index is 3.46. The predicted molar refractivity (Wildman–Crippen MR) is 43.5 cm³/mol. The highest BCUT2D eigenvalue weighted by molar-refractivity contribution is 5.81. The second-order valence-corrected chi connectivity index (χ2v) is 2.44. The van der Waals surface area contributed by atoms with E-state index in [9.17, 15) is 13.6 Å². The average Bonchev–Trinajstić information content (AvgIpc) is 2.03. The molecule has 3 N–H and O–H groups in total. The maximum absolute atomic E-state index is 12.5. The third-order valence-electron chi connectivity index (χ3n) is 1.33. The van der Waals surface area contributed by atoms with E-state index in [1.165, 1.54) is 0 Å². The Bertz CT molecular complexity index is 165. The predicted octanol–water partition coefficient (Wildman–Crippen LogP) is -0.267. The number of rotatable bonds is 7. The van der Waals surface area contributed by atoms with Crippen LogP contribution in [0.25, 0.3) is 0 Å². The fourth-order valence-corrected chi connectivity index (χ4v) is 0.621. The quantitative estimate of drug-likeness (QED) is 0.551. The molecule has 0 saturated heterocycles. The van der Waals surface area contributed by atoms with Crippen LogP contribution >= 0.6 is 0 Å². The van der Waals surface area contributed by atoms with Crippen molar-refractivity contribution < 1.29 is 18.3 Å². The van der Waals surface area contributed by atoms with Crippen LogP contribution in [-0.2, 0) is 9.53 Å². The number of primary amides is 1. The third kappa shape index (κ3) is 5.48. The maximum Gasteiger partial charge on any atom is 0.336 e. The summed E-state index contributed by atoms with van der Waals surface area (Å²) in [6.07, 6.45) is 0. The molecule has 0 atom stereocenters. The molecule has 0 heterocycles. The first kappa shape index (κ1) is 12.2. The molecule has 78 valence electrons. The van der Waals surface area contributed by atoms with Crippen molar-refractivity contribution in [2.75, 3.05) is 26.3 Å². The summed E-state index contributed by atoms with van der Waals surface area (Å²) in [6, 6.07) is 0. The molecule has 0 aromatic heterocycles. The van der Waals surface area contributed by atoms with Gasteiger partial charge in [-0.3, -0.25) is 4.79 Å². The van der Waals surface area contributed by atoms with E-state index in [-0.39, 0.29) is 6.54 Å². The number of nitrogens with one attached hydrogen (secondary N) is 1. The molecule has 0 rings (SSSR count). The number of halogens is 2. The number of hydrogen-bond acceptors (Lipinski definition) is 3. The molecule has 0 saturated carbocycles. The second kappa shape index (κ2) is 5.82. The minimum Gasteiger partial charge on any atom is -0.380 e. The van der Waals surface area contributed by atoms with Crippen molar-refractivity contribution >= 4 is 5.91 Å². The largest absolute Gasteiger partial charge is 0.380 e. The molecular formula is C7H14F2N2O2. The standard InChI is InChI=1S/C7H14F2N2O2/c1-2-13-4-3-11-5-7(8,9)6(10)12/h11H,2-5H2,1H3,(H2,10,12). The molecule has 0 unspecified atom stereocenters. The lowest BCUT2D eigenvalue weighted by Gasteiger charge is -2.12. The van der Waals surface area contributed by atoms with Crippen LogP contribution in [0.3, 0.4) is 0 Å². The monoisotopic (exact) mass is 196 g/mol. The number of alkyl halides is 2. The Kier molecular flexibility index (Phi) is 5.48. The van der Waals surface area contributed by atoms with Gasteiger partial charge in [0.15, 0.2) is 0 Å². The Labute approximate surface area is 75.4 Å². The van der Waals surface area contributed by atoms with E-state index in [4.69, 9.17) is 4.74 Å². The second-order valence-electron chi connectivity index (χ2n) is 2.44. The fourth-order valence-electron chi connectivity index (χ4n) is 0.621. The summed E-state index contributed by atoms with van der Waals surface area (Å²) < 4.78 is 29.8. The molecule has 0 aliphatic heterocycles. The molecule has 1 amide bonds. The number of carbonyl (C=O) groups is 1. The summed E-state index contributed by atoms with van der Waals surface area (Å²) in [5.41, 5.74) is 4.45. The summed E-state index contributed by atoms with van der Waals surface area (Å²) in [4.78, 5) is 10.1. The van der Waals surface area contributed by atoms with Crippen LogP contribution in [0.15, 0.2) is 0 Å². The fraction of sp³-hybridized carbons (Fsp3) is 0.857. The van der Waals surface area contributed by atoms with Gasteiger partial charge in [-0.1, -0.05) is 0 Å². The van der Waals surface area contributed by atoms with Gasteiger partial charge in [0.05, 0.1) is 13.2 Å². The minimum atomic E-state index is -3.48. The number of hydrogen-bond donors (Lipinski definition) is 2. The van der Waals surface area contributed by atoms with Crippen LogP contribution in [0.5, 0.6) is 0 Å². The van der Waals surface area contributed by atoms with Gasteiger partial charge in [0.25, 0.3) is 5.91 Å². The van der Waals surface area contributed by atoms with E-state index in [2.05, 4.69) is 11.1 Å². The topological polar surface area (TPSA) is 64.3 Å². The Morgan fingerprint density at radius 2 is 2.23 bits per heavy atom. The number of carbonyl (C=O) groups excluding carboxylic acids is 1. The van der Waals surface area contributed by atoms with E-state index in [0.29, 0.717) is 13.2 Å². The molecule has 0 spiro atoms. The molecule has 0 aromatic carbocycles. The van der Waals surface area contributed by atoms with Crippen molar-refractivity contribution in [2.45, 2.75) is 12.8 Å². The highest BCUT2D eigenvalue weighted by Gasteiger charge is 2.35. The normalized spacial score (nSPS) is 11.6. The lowest BCUT2D eigenvalue weighted by atomic mass is 10.3. The summed E-state index contributed by atoms with van der Waals surface area (Å²) >= 11 is 0. The molecule has 0 aromatic rings. The van der Waals surface area contributed by atoms with Gasteiger partial charge in [-0.15, -0.1) is 0 Å². The van der Waals surface area contributed by atoms with Crippen LogP contribution in [-0.4, -0.2) is 38.1 Å². The Morgan fingerprint density at radius 1 is 1.62 bits per heavy atom. The van der Waals surface area contributed by atoms with Gasteiger partial charge in [-0.2, -0.15) is 8.78 Å². The Hall–Kier alpha value is -0.750. The number of ether oxygens (including phenoxy) is 1. The van der Waals surface area contributed by atoms with Gasteiger partial charge in [0.1, 0.15) is 0 Å². The molecule has 4 nitrogen and oxygen atoms in total. The van der Waals surface area contributed by atoms with Crippen LogP contribution in [0.1, 0.15) is 6.92 Å². The van der Waals surface area contributed by atoms with Crippen LogP contribution in [0.4, 0.5) is 8.78 Å². The van der Waals surface area contributed by atoms with Crippen molar-refractivity contribution in [1.82, 2.24) is 5.32 Å². The number of nitrogens with two attached hydrogens (primary N) is 1. The van der Waals surface area contributed by atoms with Crippen LogP contribution in [0.2, 0.25) is 0 Å². The zero-order chi connectivity index (χ0) is 10.3. The van der Waals surface area contributed by atoms with E-state index >= 15 is 0 Å². The lowest BCUT2D eigenvalue weighted by molar-refractivity contribution is -0.141. The van der Waals surface area contributed by atoms with Gasteiger partial charge in [0, 0.05) is 13.2 Å². The molecule has 0 fully saturated rings. The van der Waals surface area contributed by atoms with Crippen molar-refractivity contribution in [3.63, 3.8) is 0 Å². The van der Waals surface area contributed by atoms with E-state index < -0.39 is 18.4 Å². The summed E-state index contributed by atoms with van der Waals surface area (Å²) in [5, 5.41) is 2.37. The summed E-state index contributed by atoms with van der Waals surface area (Å²) in [5.74, 6) is -5.09. The molecule has 6 heteroatoms. The van der Waals surface area contributed by atoms with Gasteiger partial charge in [0.2, 0.25) is 0 Å². The molecule has 0 aliphatic carbocycles. The number of amides is 1. The van der Waals surface area contributed by atoms with Gasteiger partial charge >= 0.3 is 5.92 Å². The van der Waals surface area contributed by atoms with Gasteiger partial charge in [-0.05, 0) is 6.92 Å². The van der Waals surface area contributed by atoms with E-state index in [1.807, 2.05) is 0 Å². The average molecular weight is 196 g/mol. The van der Waals surface area contributed by atoms with Crippen molar-refractivity contribution in [3.05, 3.63) is 0 Å². The van der Waals surface area contributed by atoms with E-state index in [1.54, 1.807) is 6.92 Å². The van der Waals surface area contributed by atoms with Crippen LogP contribution < -0.4 is 11.1 Å². The molecule has 0 aliphatic rings. The first-order valence-electron chi connectivity index (χ1n) is 3.97. The summed E-state index contributed by atoms with van der Waals surface area (Å²) in [6.45, 7) is 2.21. The van der Waals surface area contributed by atoms with Crippen LogP contribution in [0, 0.1) is 0 Å². The van der Waals surface area contributed by atoms with E-state index in [0.717, 1.165) is 0 Å². The van der Waals surface area contributed by atoms with Crippen molar-refractivity contribution in [1.29, 1.82) is 0 Å². The van der Waals surface area contributed by atoms with Gasteiger partial charge in [-0.25, -0.2) is 0 Å². The molecule has 13 heavy (non-hydrogen) atoms. The molecule has 0 radical (unpaired) electrons. The summed E-state index contributed by atoms with van der Waals surface area (Å²) in [7, 11) is 0. The lowest BCUT2D eigenvalue weighted by Crippen LogP contribution is -2.44. The smallest absolute Gasteiger partial charge is 0.336 e. The zero-order valence-corrected chi connectivity index (χ0v) is 7.48. The first-order chi connectivity index (χ1) is 6.00. The highest BCUT2D eigenvalue weighted by atomic mass is 19.3. The minimum absolute atomic E-state index is 0.275. The van der Waals surface area contributed by atoms with Gasteiger partial charge < -0.3 is 15.8 Å². The SMILES string of the molecule is CCOCCNCC(F)(F)C(N)=O. The Morgan fingerprint density at radius 3 is 2.69 bits per heavy atom.